The fourth-order valence-electron chi connectivity index (χ4n) is 2.60. The number of carbonyl (C=O) groups excluding carboxylic acids is 1. The van der Waals surface area contributed by atoms with E-state index < -0.39 is 0 Å². The summed E-state index contributed by atoms with van der Waals surface area (Å²) in [6, 6.07) is 7.82. The van der Waals surface area contributed by atoms with Gasteiger partial charge in [-0.1, -0.05) is 24.1 Å². The van der Waals surface area contributed by atoms with Crippen molar-refractivity contribution in [1.29, 1.82) is 0 Å². The highest BCUT2D eigenvalue weighted by Gasteiger charge is 2.19. The molecular weight excluding hydrogens is 260 g/mol. The molecule has 0 aliphatic carbocycles. The zero-order valence-corrected chi connectivity index (χ0v) is 12.1. The second-order valence-electron chi connectivity index (χ2n) is 5.23. The van der Waals surface area contributed by atoms with E-state index in [9.17, 15) is 4.79 Å². The summed E-state index contributed by atoms with van der Waals surface area (Å²) >= 11 is 5.89. The van der Waals surface area contributed by atoms with Crippen molar-refractivity contribution in [2.75, 3.05) is 18.9 Å². The Labute approximate surface area is 119 Å². The summed E-state index contributed by atoms with van der Waals surface area (Å²) in [5, 5.41) is 3.54. The van der Waals surface area contributed by atoms with Gasteiger partial charge in [-0.15, -0.1) is 0 Å². The van der Waals surface area contributed by atoms with Crippen LogP contribution in [0.25, 0.3) is 0 Å². The zero-order chi connectivity index (χ0) is 13.7. The third-order valence-corrected chi connectivity index (χ3v) is 3.97. The molecule has 1 aromatic carbocycles. The zero-order valence-electron chi connectivity index (χ0n) is 11.4. The standard InChI is InChI=1S/C15H21ClN2O/c1-18-10-3-2-7-14(18)8-9-15(19)17-13-6-4-5-12(16)11-13/h4-6,11,14H,2-3,7-10H2,1H3,(H,17,19). The highest BCUT2D eigenvalue weighted by Crippen LogP contribution is 2.20. The molecule has 1 aliphatic heterocycles. The molecule has 4 heteroatoms. The normalized spacial score (nSPS) is 20.2. The molecule has 1 atom stereocenters. The minimum atomic E-state index is 0.0706. The van der Waals surface area contributed by atoms with Crippen LogP contribution >= 0.6 is 11.6 Å². The van der Waals surface area contributed by atoms with E-state index in [0.29, 0.717) is 17.5 Å². The molecule has 1 heterocycles. The van der Waals surface area contributed by atoms with Crippen molar-refractivity contribution >= 4 is 23.2 Å². The summed E-state index contributed by atoms with van der Waals surface area (Å²) in [5.41, 5.74) is 0.773. The quantitative estimate of drug-likeness (QED) is 0.915. The minimum absolute atomic E-state index is 0.0706. The first-order valence-corrected chi connectivity index (χ1v) is 7.28. The number of amides is 1. The van der Waals surface area contributed by atoms with Crippen LogP contribution in [0.4, 0.5) is 5.69 Å². The first-order valence-electron chi connectivity index (χ1n) is 6.91. The molecule has 1 fully saturated rings. The van der Waals surface area contributed by atoms with E-state index in [-0.39, 0.29) is 5.91 Å². The number of hydrogen-bond acceptors (Lipinski definition) is 2. The maximum atomic E-state index is 11.9. The Morgan fingerprint density at radius 2 is 2.32 bits per heavy atom. The smallest absolute Gasteiger partial charge is 0.224 e. The number of piperidine rings is 1. The van der Waals surface area contributed by atoms with Gasteiger partial charge in [-0.2, -0.15) is 0 Å². The SMILES string of the molecule is CN1CCCCC1CCC(=O)Nc1cccc(Cl)c1. The van der Waals surface area contributed by atoms with Gasteiger partial charge in [-0.25, -0.2) is 0 Å². The Kier molecular flexibility index (Phi) is 5.23. The van der Waals surface area contributed by atoms with E-state index in [0.717, 1.165) is 18.7 Å². The molecule has 1 saturated heterocycles. The number of rotatable bonds is 4. The van der Waals surface area contributed by atoms with Gasteiger partial charge in [-0.3, -0.25) is 4.79 Å². The number of carbonyl (C=O) groups is 1. The van der Waals surface area contributed by atoms with Gasteiger partial charge < -0.3 is 10.2 Å². The fraction of sp³-hybridized carbons (Fsp3) is 0.533. The molecule has 1 aromatic rings. The Bertz CT molecular complexity index is 436. The van der Waals surface area contributed by atoms with Crippen molar-refractivity contribution in [3.05, 3.63) is 29.3 Å². The number of hydrogen-bond donors (Lipinski definition) is 1. The van der Waals surface area contributed by atoms with Gasteiger partial charge in [0.2, 0.25) is 5.91 Å². The fourth-order valence-corrected chi connectivity index (χ4v) is 2.79. The molecule has 2 rings (SSSR count). The maximum Gasteiger partial charge on any atom is 0.224 e. The van der Waals surface area contributed by atoms with Crippen LogP contribution in [0, 0.1) is 0 Å². The summed E-state index contributed by atoms with van der Waals surface area (Å²) in [6.45, 7) is 1.15. The molecule has 1 unspecified atom stereocenters. The molecule has 1 amide bonds. The Morgan fingerprint density at radius 1 is 1.47 bits per heavy atom. The molecule has 0 spiro atoms. The van der Waals surface area contributed by atoms with Crippen molar-refractivity contribution in [2.24, 2.45) is 0 Å². The lowest BCUT2D eigenvalue weighted by Crippen LogP contribution is -2.36. The maximum absolute atomic E-state index is 11.9. The van der Waals surface area contributed by atoms with Crippen LogP contribution in [0.5, 0.6) is 0 Å². The summed E-state index contributed by atoms with van der Waals surface area (Å²) in [7, 11) is 2.15. The first-order chi connectivity index (χ1) is 9.15. The van der Waals surface area contributed by atoms with Gasteiger partial charge in [0.15, 0.2) is 0 Å². The van der Waals surface area contributed by atoms with Crippen LogP contribution in [0.15, 0.2) is 24.3 Å². The largest absolute Gasteiger partial charge is 0.326 e. The van der Waals surface area contributed by atoms with Crippen molar-refractivity contribution < 1.29 is 4.79 Å². The molecule has 0 radical (unpaired) electrons. The number of halogens is 1. The monoisotopic (exact) mass is 280 g/mol. The molecule has 0 saturated carbocycles. The summed E-state index contributed by atoms with van der Waals surface area (Å²) in [5.74, 6) is 0.0706. The molecule has 19 heavy (non-hydrogen) atoms. The first kappa shape index (κ1) is 14.4. The topological polar surface area (TPSA) is 32.3 Å². The van der Waals surface area contributed by atoms with E-state index in [1.54, 1.807) is 12.1 Å². The van der Waals surface area contributed by atoms with Crippen molar-refractivity contribution in [2.45, 2.75) is 38.1 Å². The minimum Gasteiger partial charge on any atom is -0.326 e. The van der Waals surface area contributed by atoms with E-state index in [4.69, 9.17) is 11.6 Å². The van der Waals surface area contributed by atoms with Crippen LogP contribution < -0.4 is 5.32 Å². The number of benzene rings is 1. The average molecular weight is 281 g/mol. The molecule has 3 nitrogen and oxygen atoms in total. The third kappa shape index (κ3) is 4.51. The van der Waals surface area contributed by atoms with Gasteiger partial charge in [0.25, 0.3) is 0 Å². The molecular formula is C15H21ClN2O. The van der Waals surface area contributed by atoms with Crippen molar-refractivity contribution in [3.63, 3.8) is 0 Å². The Morgan fingerprint density at radius 3 is 3.05 bits per heavy atom. The van der Waals surface area contributed by atoms with Gasteiger partial charge in [-0.05, 0) is 51.1 Å². The van der Waals surface area contributed by atoms with Gasteiger partial charge in [0.1, 0.15) is 0 Å². The second kappa shape index (κ2) is 6.92. The van der Waals surface area contributed by atoms with Gasteiger partial charge >= 0.3 is 0 Å². The number of anilines is 1. The van der Waals surface area contributed by atoms with E-state index in [1.807, 2.05) is 12.1 Å². The van der Waals surface area contributed by atoms with Crippen LogP contribution in [0.3, 0.4) is 0 Å². The Balaban J connectivity index is 1.78. The van der Waals surface area contributed by atoms with E-state index in [1.165, 1.54) is 19.3 Å². The van der Waals surface area contributed by atoms with Crippen LogP contribution in [-0.4, -0.2) is 30.4 Å². The summed E-state index contributed by atoms with van der Waals surface area (Å²) in [6.07, 6.45) is 5.28. The molecule has 0 aromatic heterocycles. The highest BCUT2D eigenvalue weighted by molar-refractivity contribution is 6.30. The molecule has 0 bridgehead atoms. The lowest BCUT2D eigenvalue weighted by atomic mass is 9.98. The lowest BCUT2D eigenvalue weighted by Gasteiger charge is -2.32. The van der Waals surface area contributed by atoms with Crippen LogP contribution in [0.1, 0.15) is 32.1 Å². The average Bonchev–Trinajstić information content (AvgIpc) is 2.38. The van der Waals surface area contributed by atoms with Gasteiger partial charge in [0, 0.05) is 23.2 Å². The predicted octanol–water partition coefficient (Wildman–Crippen LogP) is 3.54. The summed E-state index contributed by atoms with van der Waals surface area (Å²) < 4.78 is 0. The molecule has 1 aliphatic rings. The number of nitrogens with zero attached hydrogens (tertiary/aromatic N) is 1. The summed E-state index contributed by atoms with van der Waals surface area (Å²) in [4.78, 5) is 14.3. The van der Waals surface area contributed by atoms with Crippen molar-refractivity contribution in [1.82, 2.24) is 4.90 Å². The third-order valence-electron chi connectivity index (χ3n) is 3.73. The number of nitrogens with one attached hydrogen (secondary N) is 1. The van der Waals surface area contributed by atoms with E-state index >= 15 is 0 Å². The second-order valence-corrected chi connectivity index (χ2v) is 5.66. The lowest BCUT2D eigenvalue weighted by molar-refractivity contribution is -0.116. The number of likely N-dealkylation sites (tertiary alicyclic amines) is 1. The molecule has 104 valence electrons. The predicted molar refractivity (Wildman–Crippen MR) is 79.6 cm³/mol. The van der Waals surface area contributed by atoms with Gasteiger partial charge in [0.05, 0.1) is 0 Å². The van der Waals surface area contributed by atoms with Crippen LogP contribution in [-0.2, 0) is 4.79 Å². The molecule has 1 N–H and O–H groups in total. The highest BCUT2D eigenvalue weighted by atomic mass is 35.5. The Hall–Kier alpha value is -1.06. The van der Waals surface area contributed by atoms with Crippen LogP contribution in [0.2, 0.25) is 5.02 Å². The van der Waals surface area contributed by atoms with Crippen molar-refractivity contribution in [3.8, 4) is 0 Å². The van der Waals surface area contributed by atoms with E-state index in [2.05, 4.69) is 17.3 Å².